The van der Waals surface area contributed by atoms with Gasteiger partial charge in [0.15, 0.2) is 17.7 Å². The number of hydrogen-bond acceptors (Lipinski definition) is 4. The number of aryl methyl sites for hydroxylation is 1. The maximum absolute atomic E-state index is 13.6. The molecule has 2 unspecified atom stereocenters. The van der Waals surface area contributed by atoms with Crippen molar-refractivity contribution in [2.24, 2.45) is 4.99 Å². The van der Waals surface area contributed by atoms with Crippen LogP contribution in [0.25, 0.3) is 16.8 Å². The van der Waals surface area contributed by atoms with E-state index in [1.54, 1.807) is 25.1 Å². The van der Waals surface area contributed by atoms with Crippen LogP contribution in [0.15, 0.2) is 77.9 Å². The molecule has 0 N–H and O–H groups in total. The van der Waals surface area contributed by atoms with Gasteiger partial charge in [-0.25, -0.2) is 9.98 Å². The second-order valence-corrected chi connectivity index (χ2v) is 11.2. The van der Waals surface area contributed by atoms with Crippen LogP contribution in [0, 0.1) is 6.92 Å². The number of aromatic nitrogens is 2. The summed E-state index contributed by atoms with van der Waals surface area (Å²) in [5.41, 5.74) is 3.58. The molecular formula is C32H30F5N3O2. The van der Waals surface area contributed by atoms with Crippen molar-refractivity contribution in [1.29, 1.82) is 0 Å². The molecule has 2 atom stereocenters. The SMILES string of the molecule is CC1=NC(c2cc(-c3cccc(C(C)(C)C)c3)ccc2-n2cc(C(F)(F)F)nc2C)C(c2ccc(OC(F)F)cc2)O1. The van der Waals surface area contributed by atoms with Crippen molar-refractivity contribution >= 4 is 5.90 Å². The van der Waals surface area contributed by atoms with E-state index in [1.165, 1.54) is 23.6 Å². The van der Waals surface area contributed by atoms with Gasteiger partial charge in [-0.15, -0.1) is 0 Å². The maximum Gasteiger partial charge on any atom is 0.434 e. The molecule has 0 fully saturated rings. The molecule has 42 heavy (non-hydrogen) atoms. The Morgan fingerprint density at radius 2 is 1.60 bits per heavy atom. The van der Waals surface area contributed by atoms with Gasteiger partial charge >= 0.3 is 12.8 Å². The van der Waals surface area contributed by atoms with E-state index in [9.17, 15) is 22.0 Å². The zero-order chi connectivity index (χ0) is 30.4. The average Bonchev–Trinajstić information content (AvgIpc) is 3.50. The summed E-state index contributed by atoms with van der Waals surface area (Å²) in [7, 11) is 0. The monoisotopic (exact) mass is 583 g/mol. The molecule has 10 heteroatoms. The third kappa shape index (κ3) is 6.03. The van der Waals surface area contributed by atoms with Gasteiger partial charge in [-0.05, 0) is 58.9 Å². The van der Waals surface area contributed by atoms with Gasteiger partial charge < -0.3 is 14.0 Å². The van der Waals surface area contributed by atoms with Crippen LogP contribution < -0.4 is 4.74 Å². The first kappa shape index (κ1) is 29.3. The van der Waals surface area contributed by atoms with E-state index in [0.29, 0.717) is 22.7 Å². The molecule has 5 nitrogen and oxygen atoms in total. The molecule has 0 saturated carbocycles. The first-order chi connectivity index (χ1) is 19.7. The van der Waals surface area contributed by atoms with E-state index in [1.807, 2.05) is 24.3 Å². The molecule has 4 aromatic rings. The second kappa shape index (κ2) is 10.9. The maximum atomic E-state index is 13.6. The number of aliphatic imine (C=N–C) groups is 1. The second-order valence-electron chi connectivity index (χ2n) is 11.2. The lowest BCUT2D eigenvalue weighted by Gasteiger charge is -2.23. The van der Waals surface area contributed by atoms with Crippen molar-refractivity contribution in [2.75, 3.05) is 0 Å². The van der Waals surface area contributed by atoms with Crippen molar-refractivity contribution in [1.82, 2.24) is 9.55 Å². The van der Waals surface area contributed by atoms with Crippen molar-refractivity contribution in [3.63, 3.8) is 0 Å². The molecule has 220 valence electrons. The summed E-state index contributed by atoms with van der Waals surface area (Å²) in [6.07, 6.45) is -4.29. The Morgan fingerprint density at radius 3 is 2.21 bits per heavy atom. The number of alkyl halides is 5. The molecule has 2 heterocycles. The van der Waals surface area contributed by atoms with Crippen LogP contribution in [-0.4, -0.2) is 22.1 Å². The number of imidazole rings is 1. The van der Waals surface area contributed by atoms with E-state index < -0.39 is 30.6 Å². The minimum atomic E-state index is -4.61. The largest absolute Gasteiger partial charge is 0.471 e. The number of rotatable bonds is 6. The number of halogens is 5. The summed E-state index contributed by atoms with van der Waals surface area (Å²) < 4.78 is 78.1. The van der Waals surface area contributed by atoms with Gasteiger partial charge in [0.25, 0.3) is 0 Å². The molecule has 0 aliphatic carbocycles. The topological polar surface area (TPSA) is 48.6 Å². The molecule has 1 aromatic heterocycles. The van der Waals surface area contributed by atoms with Crippen molar-refractivity contribution < 1.29 is 31.4 Å². The van der Waals surface area contributed by atoms with Crippen LogP contribution in [0.4, 0.5) is 22.0 Å². The Bertz CT molecular complexity index is 1620. The Labute approximate surface area is 240 Å². The zero-order valence-electron chi connectivity index (χ0n) is 23.7. The minimum absolute atomic E-state index is 0.00364. The predicted octanol–water partition coefficient (Wildman–Crippen LogP) is 9.00. The van der Waals surface area contributed by atoms with Crippen molar-refractivity contribution in [3.8, 4) is 22.6 Å². The summed E-state index contributed by atoms with van der Waals surface area (Å²) in [5, 5.41) is 0. The van der Waals surface area contributed by atoms with E-state index in [0.717, 1.165) is 22.9 Å². The lowest BCUT2D eigenvalue weighted by molar-refractivity contribution is -0.141. The van der Waals surface area contributed by atoms with E-state index in [2.05, 4.69) is 42.6 Å². The normalized spacial score (nSPS) is 17.4. The molecule has 0 saturated heterocycles. The van der Waals surface area contributed by atoms with E-state index in [-0.39, 0.29) is 17.0 Å². The highest BCUT2D eigenvalue weighted by atomic mass is 19.4. The van der Waals surface area contributed by atoms with Crippen LogP contribution in [0.5, 0.6) is 5.75 Å². The molecule has 0 amide bonds. The third-order valence-corrected chi connectivity index (χ3v) is 7.18. The highest BCUT2D eigenvalue weighted by Gasteiger charge is 2.37. The fraction of sp³-hybridized carbons (Fsp3) is 0.312. The van der Waals surface area contributed by atoms with Crippen LogP contribution in [0.1, 0.15) is 68.0 Å². The minimum Gasteiger partial charge on any atom is -0.471 e. The van der Waals surface area contributed by atoms with Crippen LogP contribution in [-0.2, 0) is 16.3 Å². The fourth-order valence-corrected chi connectivity index (χ4v) is 5.07. The first-order valence-electron chi connectivity index (χ1n) is 13.3. The molecule has 1 aliphatic rings. The molecule has 0 bridgehead atoms. The average molecular weight is 584 g/mol. The quantitative estimate of drug-likeness (QED) is 0.213. The Hall–Kier alpha value is -4.21. The first-order valence-corrected chi connectivity index (χ1v) is 13.3. The highest BCUT2D eigenvalue weighted by Crippen LogP contribution is 2.44. The van der Waals surface area contributed by atoms with Crippen molar-refractivity contribution in [3.05, 3.63) is 101 Å². The van der Waals surface area contributed by atoms with Gasteiger partial charge in [0.2, 0.25) is 0 Å². The molecule has 5 rings (SSSR count). The molecular weight excluding hydrogens is 553 g/mol. The molecule has 3 aromatic carbocycles. The van der Waals surface area contributed by atoms with Crippen LogP contribution in [0.2, 0.25) is 0 Å². The van der Waals surface area contributed by atoms with Gasteiger partial charge in [-0.3, -0.25) is 0 Å². The summed E-state index contributed by atoms with van der Waals surface area (Å²) in [6.45, 7) is 6.61. The number of nitrogens with zero attached hydrogens (tertiary/aromatic N) is 3. The summed E-state index contributed by atoms with van der Waals surface area (Å²) in [5.74, 6) is 0.550. The van der Waals surface area contributed by atoms with Gasteiger partial charge in [-0.1, -0.05) is 63.2 Å². The van der Waals surface area contributed by atoms with Crippen molar-refractivity contribution in [2.45, 2.75) is 65.0 Å². The summed E-state index contributed by atoms with van der Waals surface area (Å²) in [6, 6.07) is 19.1. The summed E-state index contributed by atoms with van der Waals surface area (Å²) in [4.78, 5) is 8.50. The molecule has 0 spiro atoms. The lowest BCUT2D eigenvalue weighted by atomic mass is 9.85. The van der Waals surface area contributed by atoms with Gasteiger partial charge in [0, 0.05) is 18.7 Å². The molecule has 0 radical (unpaired) electrons. The Morgan fingerprint density at radius 1 is 0.905 bits per heavy atom. The smallest absolute Gasteiger partial charge is 0.434 e. The van der Waals surface area contributed by atoms with E-state index in [4.69, 9.17) is 9.73 Å². The Balaban J connectivity index is 1.66. The zero-order valence-corrected chi connectivity index (χ0v) is 23.7. The van der Waals surface area contributed by atoms with E-state index >= 15 is 0 Å². The highest BCUT2D eigenvalue weighted by molar-refractivity contribution is 5.77. The van der Waals surface area contributed by atoms with Crippen LogP contribution >= 0.6 is 0 Å². The number of hydrogen-bond donors (Lipinski definition) is 0. The predicted molar refractivity (Wildman–Crippen MR) is 150 cm³/mol. The van der Waals surface area contributed by atoms with Gasteiger partial charge in [0.05, 0.1) is 5.69 Å². The third-order valence-electron chi connectivity index (χ3n) is 7.18. The van der Waals surface area contributed by atoms with Gasteiger partial charge in [-0.2, -0.15) is 22.0 Å². The number of benzene rings is 3. The molecule has 1 aliphatic heterocycles. The summed E-state index contributed by atoms with van der Waals surface area (Å²) >= 11 is 0. The number of ether oxygens (including phenoxy) is 2. The standard InChI is InChI=1S/C32H30F5N3O2/c1-18-38-27(32(35,36)37)17-40(18)26-14-11-22(21-7-6-8-23(15-21)31(3,4)5)16-25(26)28-29(41-19(2)39-28)20-9-12-24(13-10-20)42-30(33)34/h6-17,28-30H,1-5H3. The van der Waals surface area contributed by atoms with Crippen LogP contribution in [0.3, 0.4) is 0 Å². The lowest BCUT2D eigenvalue weighted by Crippen LogP contribution is -2.12. The van der Waals surface area contributed by atoms with Gasteiger partial charge in [0.1, 0.15) is 17.6 Å². The Kier molecular flexibility index (Phi) is 7.59. The fourth-order valence-electron chi connectivity index (χ4n) is 5.07.